The van der Waals surface area contributed by atoms with Gasteiger partial charge < -0.3 is 9.72 Å². The van der Waals surface area contributed by atoms with Crippen molar-refractivity contribution in [3.05, 3.63) is 28.2 Å². The highest BCUT2D eigenvalue weighted by Gasteiger charge is 2.25. The van der Waals surface area contributed by atoms with Crippen molar-refractivity contribution in [2.75, 3.05) is 6.61 Å². The third kappa shape index (κ3) is 1.26. The topological polar surface area (TPSA) is 72.3 Å². The first-order chi connectivity index (χ1) is 7.77. The molecule has 1 saturated heterocycles. The van der Waals surface area contributed by atoms with E-state index >= 15 is 0 Å². The van der Waals surface area contributed by atoms with E-state index in [-0.39, 0.29) is 11.7 Å². The molecule has 0 bridgehead atoms. The van der Waals surface area contributed by atoms with Crippen LogP contribution in [0.4, 0.5) is 0 Å². The van der Waals surface area contributed by atoms with Crippen molar-refractivity contribution in [1.82, 2.24) is 19.6 Å². The number of hydrogen-bond donors (Lipinski definition) is 1. The van der Waals surface area contributed by atoms with Crippen LogP contribution in [0.25, 0.3) is 5.52 Å². The highest BCUT2D eigenvalue weighted by molar-refractivity contribution is 5.51. The summed E-state index contributed by atoms with van der Waals surface area (Å²) >= 11 is 0. The van der Waals surface area contributed by atoms with Gasteiger partial charge in [-0.3, -0.25) is 4.79 Å². The summed E-state index contributed by atoms with van der Waals surface area (Å²) in [5.41, 5.74) is 1.05. The SMILES string of the molecule is Cc1nc(C2CCCO2)c2c(=O)[nH]cnn12. The maximum Gasteiger partial charge on any atom is 0.277 e. The Balaban J connectivity index is 2.28. The zero-order chi connectivity index (χ0) is 11.1. The van der Waals surface area contributed by atoms with Gasteiger partial charge in [-0.1, -0.05) is 0 Å². The summed E-state index contributed by atoms with van der Waals surface area (Å²) in [5, 5.41) is 4.08. The molecule has 3 rings (SSSR count). The second kappa shape index (κ2) is 3.41. The smallest absolute Gasteiger partial charge is 0.277 e. The molecule has 0 saturated carbocycles. The number of rotatable bonds is 1. The summed E-state index contributed by atoms with van der Waals surface area (Å²) in [6.07, 6.45) is 3.25. The summed E-state index contributed by atoms with van der Waals surface area (Å²) in [4.78, 5) is 18.7. The Labute approximate surface area is 91.3 Å². The summed E-state index contributed by atoms with van der Waals surface area (Å²) in [7, 11) is 0. The standard InChI is InChI=1S/C10H12N4O2/c1-6-13-8(7-3-2-4-16-7)9-10(15)11-5-12-14(6)9/h5,7H,2-4H2,1H3,(H,11,12,15). The molecular weight excluding hydrogens is 208 g/mol. The monoisotopic (exact) mass is 220 g/mol. The van der Waals surface area contributed by atoms with E-state index < -0.39 is 0 Å². The molecule has 2 aromatic rings. The van der Waals surface area contributed by atoms with Gasteiger partial charge in [0.15, 0.2) is 5.52 Å². The number of hydrogen-bond acceptors (Lipinski definition) is 4. The molecule has 1 N–H and O–H groups in total. The van der Waals surface area contributed by atoms with Gasteiger partial charge in [-0.15, -0.1) is 0 Å². The van der Waals surface area contributed by atoms with E-state index in [2.05, 4.69) is 15.1 Å². The van der Waals surface area contributed by atoms with E-state index in [0.717, 1.165) is 19.4 Å². The summed E-state index contributed by atoms with van der Waals surface area (Å²) in [6.45, 7) is 2.57. The number of imidazole rings is 1. The second-order valence-electron chi connectivity index (χ2n) is 3.92. The lowest BCUT2D eigenvalue weighted by atomic mass is 10.2. The van der Waals surface area contributed by atoms with Crippen LogP contribution in [0.2, 0.25) is 0 Å². The third-order valence-corrected chi connectivity index (χ3v) is 2.86. The van der Waals surface area contributed by atoms with Gasteiger partial charge in [0.1, 0.15) is 23.9 Å². The fourth-order valence-corrected chi connectivity index (χ4v) is 2.13. The van der Waals surface area contributed by atoms with Gasteiger partial charge in [-0.05, 0) is 19.8 Å². The van der Waals surface area contributed by atoms with Crippen molar-refractivity contribution in [1.29, 1.82) is 0 Å². The van der Waals surface area contributed by atoms with Gasteiger partial charge in [0.05, 0.1) is 0 Å². The molecule has 1 unspecified atom stereocenters. The quantitative estimate of drug-likeness (QED) is 0.762. The van der Waals surface area contributed by atoms with Crippen LogP contribution in [0.1, 0.15) is 30.5 Å². The predicted octanol–water partition coefficient (Wildman–Crippen LogP) is 0.578. The van der Waals surface area contributed by atoms with E-state index in [0.29, 0.717) is 17.0 Å². The highest BCUT2D eigenvalue weighted by Crippen LogP contribution is 2.29. The van der Waals surface area contributed by atoms with Crippen LogP contribution >= 0.6 is 0 Å². The predicted molar refractivity (Wildman–Crippen MR) is 56.3 cm³/mol. The van der Waals surface area contributed by atoms with Crippen molar-refractivity contribution in [3.8, 4) is 0 Å². The first-order valence-corrected chi connectivity index (χ1v) is 5.32. The average molecular weight is 220 g/mol. The van der Waals surface area contributed by atoms with Gasteiger partial charge in [-0.2, -0.15) is 5.10 Å². The maximum absolute atomic E-state index is 11.8. The fraction of sp³-hybridized carbons (Fsp3) is 0.500. The Morgan fingerprint density at radius 1 is 1.62 bits per heavy atom. The minimum Gasteiger partial charge on any atom is -0.372 e. The van der Waals surface area contributed by atoms with E-state index in [1.54, 1.807) is 4.52 Å². The molecular formula is C10H12N4O2. The van der Waals surface area contributed by atoms with Crippen LogP contribution in [0, 0.1) is 6.92 Å². The number of nitrogens with zero attached hydrogens (tertiary/aromatic N) is 3. The van der Waals surface area contributed by atoms with E-state index in [1.165, 1.54) is 6.33 Å². The first-order valence-electron chi connectivity index (χ1n) is 5.32. The van der Waals surface area contributed by atoms with Crippen LogP contribution < -0.4 is 5.56 Å². The molecule has 6 heteroatoms. The third-order valence-electron chi connectivity index (χ3n) is 2.86. The van der Waals surface area contributed by atoms with Crippen LogP contribution in [0.3, 0.4) is 0 Å². The molecule has 1 atom stereocenters. The van der Waals surface area contributed by atoms with Crippen molar-refractivity contribution in [2.24, 2.45) is 0 Å². The van der Waals surface area contributed by atoms with Crippen molar-refractivity contribution in [2.45, 2.75) is 25.9 Å². The molecule has 0 amide bonds. The van der Waals surface area contributed by atoms with Gasteiger partial charge in [0.2, 0.25) is 0 Å². The molecule has 84 valence electrons. The van der Waals surface area contributed by atoms with Gasteiger partial charge >= 0.3 is 0 Å². The van der Waals surface area contributed by atoms with Crippen molar-refractivity contribution in [3.63, 3.8) is 0 Å². The molecule has 6 nitrogen and oxygen atoms in total. The van der Waals surface area contributed by atoms with Crippen LogP contribution in [-0.2, 0) is 4.74 Å². The molecule has 0 spiro atoms. The molecule has 0 aromatic carbocycles. The number of aromatic nitrogens is 4. The Morgan fingerprint density at radius 2 is 2.50 bits per heavy atom. The number of fused-ring (bicyclic) bond motifs is 1. The number of nitrogens with one attached hydrogen (secondary N) is 1. The molecule has 1 aliphatic rings. The van der Waals surface area contributed by atoms with Crippen molar-refractivity contribution < 1.29 is 4.74 Å². The van der Waals surface area contributed by atoms with Crippen molar-refractivity contribution >= 4 is 5.52 Å². The Kier molecular flexibility index (Phi) is 2.03. The lowest BCUT2D eigenvalue weighted by Crippen LogP contribution is -2.13. The summed E-state index contributed by atoms with van der Waals surface area (Å²) < 4.78 is 7.12. The number of aromatic amines is 1. The average Bonchev–Trinajstić information content (AvgIpc) is 2.87. The molecule has 2 aromatic heterocycles. The lowest BCUT2D eigenvalue weighted by Gasteiger charge is -2.04. The highest BCUT2D eigenvalue weighted by atomic mass is 16.5. The lowest BCUT2D eigenvalue weighted by molar-refractivity contribution is 0.110. The molecule has 1 aliphatic heterocycles. The minimum atomic E-state index is -0.166. The van der Waals surface area contributed by atoms with E-state index in [4.69, 9.17) is 4.74 Å². The fourth-order valence-electron chi connectivity index (χ4n) is 2.13. The van der Waals surface area contributed by atoms with Crippen LogP contribution in [0.5, 0.6) is 0 Å². The first kappa shape index (κ1) is 9.53. The van der Waals surface area contributed by atoms with Crippen LogP contribution in [-0.4, -0.2) is 26.2 Å². The molecule has 0 aliphatic carbocycles. The van der Waals surface area contributed by atoms with Gasteiger partial charge in [0.25, 0.3) is 5.56 Å². The summed E-state index contributed by atoms with van der Waals surface area (Å²) in [5.74, 6) is 0.714. The maximum atomic E-state index is 11.8. The largest absolute Gasteiger partial charge is 0.372 e. The second-order valence-corrected chi connectivity index (χ2v) is 3.92. The van der Waals surface area contributed by atoms with E-state index in [9.17, 15) is 4.79 Å². The Morgan fingerprint density at radius 3 is 3.25 bits per heavy atom. The number of H-pyrrole nitrogens is 1. The van der Waals surface area contributed by atoms with Gasteiger partial charge in [-0.25, -0.2) is 9.50 Å². The molecule has 16 heavy (non-hydrogen) atoms. The Hall–Kier alpha value is -1.69. The van der Waals surface area contributed by atoms with E-state index in [1.807, 2.05) is 6.92 Å². The normalized spacial score (nSPS) is 20.7. The van der Waals surface area contributed by atoms with Gasteiger partial charge in [0, 0.05) is 6.61 Å². The molecule has 1 fully saturated rings. The number of ether oxygens (including phenoxy) is 1. The Bertz CT molecular complexity index is 580. The zero-order valence-corrected chi connectivity index (χ0v) is 8.93. The minimum absolute atomic E-state index is 0.0611. The zero-order valence-electron chi connectivity index (χ0n) is 8.93. The van der Waals surface area contributed by atoms with Crippen LogP contribution in [0.15, 0.2) is 11.1 Å². The number of aryl methyl sites for hydroxylation is 1. The molecule has 3 heterocycles. The molecule has 0 radical (unpaired) electrons. The summed E-state index contributed by atoms with van der Waals surface area (Å²) in [6, 6.07) is 0.